The first kappa shape index (κ1) is 24.7. The normalized spacial score (nSPS) is 29.4. The number of benzene rings is 2. The molecule has 0 spiro atoms. The zero-order valence-corrected chi connectivity index (χ0v) is 20.9. The Kier molecular flexibility index (Phi) is 7.01. The Bertz CT molecular complexity index is 1060. The fourth-order valence-corrected chi connectivity index (χ4v) is 6.34. The fourth-order valence-electron chi connectivity index (χ4n) is 6.34. The number of esters is 2. The van der Waals surface area contributed by atoms with Crippen molar-refractivity contribution in [2.45, 2.75) is 56.3 Å². The molecular weight excluding hydrogens is 462 g/mol. The highest BCUT2D eigenvalue weighted by atomic mass is 17.0. The van der Waals surface area contributed by atoms with Gasteiger partial charge in [0.1, 0.15) is 11.9 Å². The number of hydroxylamine groups is 2. The summed E-state index contributed by atoms with van der Waals surface area (Å²) in [6.45, 7) is 0. The molecule has 3 aliphatic rings. The van der Waals surface area contributed by atoms with Gasteiger partial charge in [-0.05, 0) is 42.0 Å². The molecule has 0 unspecified atom stereocenters. The molecule has 2 aliphatic heterocycles. The summed E-state index contributed by atoms with van der Waals surface area (Å²) in [5, 5.41) is 1.43. The molecule has 8 heteroatoms. The van der Waals surface area contributed by atoms with Crippen LogP contribution in [0.15, 0.2) is 54.6 Å². The van der Waals surface area contributed by atoms with Gasteiger partial charge in [0.25, 0.3) is 0 Å². The molecule has 2 aromatic rings. The third-order valence-corrected chi connectivity index (χ3v) is 8.04. The predicted molar refractivity (Wildman–Crippen MR) is 130 cm³/mol. The number of methoxy groups -OCH3 is 3. The number of rotatable bonds is 5. The number of carbonyl (C=O) groups excluding carboxylic acids is 2. The second-order valence-corrected chi connectivity index (χ2v) is 9.78. The summed E-state index contributed by atoms with van der Waals surface area (Å²) in [6.07, 6.45) is 3.29. The third-order valence-electron chi connectivity index (χ3n) is 8.04. The van der Waals surface area contributed by atoms with Crippen LogP contribution in [0.4, 0.5) is 0 Å². The van der Waals surface area contributed by atoms with Crippen molar-refractivity contribution in [3.63, 3.8) is 0 Å². The molecule has 5 rings (SSSR count). The van der Waals surface area contributed by atoms with Crippen LogP contribution >= 0.6 is 0 Å². The summed E-state index contributed by atoms with van der Waals surface area (Å²) >= 11 is 0. The first-order valence-corrected chi connectivity index (χ1v) is 12.5. The molecule has 2 saturated heterocycles. The summed E-state index contributed by atoms with van der Waals surface area (Å²) in [5.74, 6) is -0.696. The Morgan fingerprint density at radius 2 is 1.53 bits per heavy atom. The van der Waals surface area contributed by atoms with Crippen LogP contribution in [0.2, 0.25) is 0 Å². The zero-order chi connectivity index (χ0) is 25.3. The van der Waals surface area contributed by atoms with Gasteiger partial charge < -0.3 is 14.2 Å². The molecule has 0 bridgehead atoms. The lowest BCUT2D eigenvalue weighted by Crippen LogP contribution is -2.67. The van der Waals surface area contributed by atoms with Gasteiger partial charge in [-0.1, -0.05) is 60.5 Å². The Balaban J connectivity index is 1.68. The first-order chi connectivity index (χ1) is 17.5. The van der Waals surface area contributed by atoms with Gasteiger partial charge in [0.2, 0.25) is 0 Å². The second-order valence-electron chi connectivity index (χ2n) is 9.78. The summed E-state index contributed by atoms with van der Waals surface area (Å²) in [4.78, 5) is 40.3. The van der Waals surface area contributed by atoms with Gasteiger partial charge in [-0.25, -0.2) is 0 Å². The van der Waals surface area contributed by atoms with E-state index in [1.54, 1.807) is 7.11 Å². The Labute approximate surface area is 211 Å². The van der Waals surface area contributed by atoms with E-state index < -0.39 is 29.5 Å². The van der Waals surface area contributed by atoms with Crippen LogP contribution in [0.3, 0.4) is 0 Å². The molecule has 8 nitrogen and oxygen atoms in total. The van der Waals surface area contributed by atoms with E-state index >= 15 is 0 Å². The van der Waals surface area contributed by atoms with Crippen LogP contribution in [-0.4, -0.2) is 50.6 Å². The molecule has 1 saturated carbocycles. The van der Waals surface area contributed by atoms with Crippen LogP contribution in [0.1, 0.15) is 55.3 Å². The molecule has 36 heavy (non-hydrogen) atoms. The van der Waals surface area contributed by atoms with Gasteiger partial charge in [-0.2, -0.15) is 0 Å². The van der Waals surface area contributed by atoms with Crippen LogP contribution in [0.25, 0.3) is 0 Å². The second kappa shape index (κ2) is 10.2. The number of fused-ring (bicyclic) bond motifs is 2. The Hall–Kier alpha value is -2.94. The summed E-state index contributed by atoms with van der Waals surface area (Å²) < 4.78 is 16.0. The van der Waals surface area contributed by atoms with E-state index in [1.165, 1.54) is 19.4 Å². The molecule has 192 valence electrons. The van der Waals surface area contributed by atoms with Crippen molar-refractivity contribution in [1.29, 1.82) is 0 Å². The smallest absolute Gasteiger partial charge is 0.325 e. The third kappa shape index (κ3) is 4.07. The highest BCUT2D eigenvalue weighted by molar-refractivity contribution is 6.01. The highest BCUT2D eigenvalue weighted by Gasteiger charge is 2.67. The van der Waals surface area contributed by atoms with Gasteiger partial charge in [-0.3, -0.25) is 19.3 Å². The average molecular weight is 496 g/mol. The van der Waals surface area contributed by atoms with E-state index in [1.807, 2.05) is 54.6 Å². The van der Waals surface area contributed by atoms with Gasteiger partial charge in [0.15, 0.2) is 5.41 Å². The van der Waals surface area contributed by atoms with Gasteiger partial charge in [0, 0.05) is 12.3 Å². The minimum atomic E-state index is -1.66. The SMILES string of the molecule is COC(=O)C1(C(=O)OC)C[C@@H](c2ccccc2)ON2O[C@@H]3CCCC[C@@H]3[C@@H](c3ccc(OC)cc3)[C@@H]21. The number of ether oxygens (including phenoxy) is 3. The van der Waals surface area contributed by atoms with Gasteiger partial charge >= 0.3 is 11.9 Å². The Morgan fingerprint density at radius 1 is 0.861 bits per heavy atom. The molecule has 5 atom stereocenters. The monoisotopic (exact) mass is 495 g/mol. The van der Waals surface area contributed by atoms with Gasteiger partial charge in [-0.15, -0.1) is 0 Å². The molecular formula is C28H33NO7. The van der Waals surface area contributed by atoms with Crippen molar-refractivity contribution in [3.8, 4) is 5.75 Å². The maximum atomic E-state index is 13.7. The van der Waals surface area contributed by atoms with Crippen molar-refractivity contribution in [2.75, 3.05) is 21.3 Å². The van der Waals surface area contributed by atoms with Crippen LogP contribution in [0, 0.1) is 11.3 Å². The maximum absolute atomic E-state index is 13.7. The maximum Gasteiger partial charge on any atom is 0.325 e. The van der Waals surface area contributed by atoms with Crippen molar-refractivity contribution in [1.82, 2.24) is 5.23 Å². The molecule has 0 amide bonds. The summed E-state index contributed by atoms with van der Waals surface area (Å²) in [6, 6.07) is 16.6. The lowest BCUT2D eigenvalue weighted by Gasteiger charge is -2.57. The van der Waals surface area contributed by atoms with Crippen LogP contribution < -0.4 is 4.74 Å². The zero-order valence-electron chi connectivity index (χ0n) is 20.9. The van der Waals surface area contributed by atoms with E-state index in [2.05, 4.69) is 0 Å². The topological polar surface area (TPSA) is 83.5 Å². The minimum absolute atomic E-state index is 0.0743. The molecule has 3 fully saturated rings. The van der Waals surface area contributed by atoms with Crippen molar-refractivity contribution >= 4 is 11.9 Å². The lowest BCUT2D eigenvalue weighted by molar-refractivity contribution is -0.475. The molecule has 0 radical (unpaired) electrons. The quantitative estimate of drug-likeness (QED) is 0.447. The average Bonchev–Trinajstić information content (AvgIpc) is 2.94. The number of hydrogen-bond acceptors (Lipinski definition) is 8. The molecule has 2 aromatic carbocycles. The van der Waals surface area contributed by atoms with Crippen molar-refractivity contribution in [2.24, 2.45) is 11.3 Å². The summed E-state index contributed by atoms with van der Waals surface area (Å²) in [7, 11) is 4.24. The van der Waals surface area contributed by atoms with E-state index in [0.29, 0.717) is 0 Å². The van der Waals surface area contributed by atoms with Gasteiger partial charge in [0.05, 0.1) is 33.5 Å². The molecule has 0 aromatic heterocycles. The minimum Gasteiger partial charge on any atom is -0.497 e. The number of nitrogens with zero attached hydrogens (tertiary/aromatic N) is 1. The van der Waals surface area contributed by atoms with Crippen LogP contribution in [-0.2, 0) is 28.7 Å². The van der Waals surface area contributed by atoms with Crippen LogP contribution in [0.5, 0.6) is 5.75 Å². The molecule has 2 heterocycles. The first-order valence-electron chi connectivity index (χ1n) is 12.5. The lowest BCUT2D eigenvalue weighted by atomic mass is 9.61. The standard InChI is InChI=1S/C28H33NO7/c1-32-20-15-13-19(14-16-20)24-21-11-7-8-12-22(21)35-29-25(24)28(26(30)33-2,27(31)34-3)17-23(36-29)18-9-5-4-6-10-18/h4-6,9-10,13-16,21-25H,7-8,11-12,17H2,1-3H3/t21-,22+,23-,24+,25+/m0/s1. The molecule has 1 aliphatic carbocycles. The highest BCUT2D eigenvalue weighted by Crippen LogP contribution is 2.56. The fraction of sp³-hybridized carbons (Fsp3) is 0.500. The van der Waals surface area contributed by atoms with Crippen molar-refractivity contribution in [3.05, 3.63) is 65.7 Å². The predicted octanol–water partition coefficient (Wildman–Crippen LogP) is 4.36. The summed E-state index contributed by atoms with van der Waals surface area (Å²) in [5.41, 5.74) is 0.170. The Morgan fingerprint density at radius 3 is 2.17 bits per heavy atom. The van der Waals surface area contributed by atoms with E-state index in [9.17, 15) is 9.59 Å². The van der Waals surface area contributed by atoms with E-state index in [0.717, 1.165) is 42.6 Å². The number of hydrogen-bond donors (Lipinski definition) is 0. The number of carbonyl (C=O) groups is 2. The van der Waals surface area contributed by atoms with Crippen molar-refractivity contribution < 1.29 is 33.5 Å². The molecule has 0 N–H and O–H groups in total. The largest absolute Gasteiger partial charge is 0.497 e. The van der Waals surface area contributed by atoms with E-state index in [-0.39, 0.29) is 24.4 Å². The van der Waals surface area contributed by atoms with E-state index in [4.69, 9.17) is 23.9 Å².